The maximum atomic E-state index is 13.6. The van der Waals surface area contributed by atoms with Crippen LogP contribution in [-0.2, 0) is 61.3 Å². The largest absolute Gasteiger partial charge is 0.379 e. The Balaban J connectivity index is 0.000000383. The minimum absolute atomic E-state index is 0.00883. The fraction of sp³-hybridized carbons (Fsp3) is 0.750. The van der Waals surface area contributed by atoms with Crippen molar-refractivity contribution < 1.29 is 46.5 Å². The van der Waals surface area contributed by atoms with Crippen LogP contribution in [0.15, 0.2) is 46.5 Å². The number of fused-ring (bicyclic) bond motifs is 2. The smallest absolute Gasteiger partial charge is 0.356 e. The van der Waals surface area contributed by atoms with Crippen LogP contribution in [0.3, 0.4) is 0 Å². The van der Waals surface area contributed by atoms with E-state index < -0.39 is 32.7 Å². The van der Waals surface area contributed by atoms with Crippen molar-refractivity contribution in [3.05, 3.63) is 68.8 Å². The van der Waals surface area contributed by atoms with Gasteiger partial charge in [-0.1, -0.05) is 236 Å². The van der Waals surface area contributed by atoms with Crippen LogP contribution in [0.25, 0.3) is 22.3 Å². The molecule has 0 bridgehead atoms. The molecule has 5 rings (SSSR count). The van der Waals surface area contributed by atoms with E-state index in [0.29, 0.717) is 37.7 Å². The number of H-pyrrole nitrogens is 2. The van der Waals surface area contributed by atoms with Gasteiger partial charge in [0.2, 0.25) is 11.9 Å². The van der Waals surface area contributed by atoms with Gasteiger partial charge < -0.3 is 58.0 Å². The molecule has 0 aliphatic rings. The second-order valence-corrected chi connectivity index (χ2v) is 27.0. The molecule has 0 fully saturated rings. The molecule has 4 heterocycles. The number of hydrogen-bond acceptors (Lipinski definition) is 17. The molecule has 0 radical (unpaired) electrons. The van der Waals surface area contributed by atoms with E-state index in [4.69, 9.17) is 44.0 Å². The van der Waals surface area contributed by atoms with Crippen LogP contribution in [0.1, 0.15) is 230 Å². The van der Waals surface area contributed by atoms with Crippen LogP contribution in [0, 0.1) is 6.92 Å². The second kappa shape index (κ2) is 47.6. The Morgan fingerprint density at radius 1 is 0.455 bits per heavy atom. The molecule has 24 heteroatoms. The summed E-state index contributed by atoms with van der Waals surface area (Å²) in [5.41, 5.74) is 13.5. The molecule has 88 heavy (non-hydrogen) atoms. The molecule has 0 amide bonds. The zero-order valence-corrected chi connectivity index (χ0v) is 55.7. The van der Waals surface area contributed by atoms with Crippen LogP contribution < -0.4 is 22.6 Å². The Bertz CT molecular complexity index is 2780. The van der Waals surface area contributed by atoms with Crippen LogP contribution in [0.2, 0.25) is 0 Å². The SMILES string of the molecule is CCCCCCCCCCCCCCCCCCOCCOP(=O)(COCCn1cnc2c(=O)[nH]c(N)nc21)OCc1ccc(C)cc1.CCCCCCCCCCCCCCCCCCOCCOP(=O)(O)COCCn1cnc2c(=O)[nH]c(N)nc21. The number of nitrogens with one attached hydrogen (secondary N) is 2. The number of rotatable bonds is 55. The molecule has 7 N–H and O–H groups in total. The minimum atomic E-state index is -3.87. The Labute approximate surface area is 524 Å². The lowest BCUT2D eigenvalue weighted by atomic mass is 10.0. The van der Waals surface area contributed by atoms with Gasteiger partial charge in [0.1, 0.15) is 12.7 Å². The molecule has 22 nitrogen and oxygen atoms in total. The number of hydrogen-bond donors (Lipinski definition) is 5. The highest BCUT2D eigenvalue weighted by Crippen LogP contribution is 2.49. The molecule has 4 aromatic heterocycles. The number of nitrogens with two attached hydrogens (primary N) is 2. The molecule has 2 unspecified atom stereocenters. The van der Waals surface area contributed by atoms with Crippen molar-refractivity contribution in [3.8, 4) is 0 Å². The Kier molecular flexibility index (Phi) is 41.1. The molecule has 0 saturated heterocycles. The van der Waals surface area contributed by atoms with Crippen molar-refractivity contribution in [1.82, 2.24) is 39.0 Å². The first-order chi connectivity index (χ1) is 42.8. The van der Waals surface area contributed by atoms with Crippen LogP contribution in [0.4, 0.5) is 11.9 Å². The highest BCUT2D eigenvalue weighted by molar-refractivity contribution is 7.53. The topological polar surface area (TPSA) is 298 Å². The zero-order valence-electron chi connectivity index (χ0n) is 54.0. The normalized spacial score (nSPS) is 13.1. The lowest BCUT2D eigenvalue weighted by Crippen LogP contribution is -2.14. The predicted molar refractivity (Wildman–Crippen MR) is 353 cm³/mol. The van der Waals surface area contributed by atoms with Crippen molar-refractivity contribution >= 4 is 49.4 Å². The van der Waals surface area contributed by atoms with Crippen molar-refractivity contribution in [1.29, 1.82) is 0 Å². The van der Waals surface area contributed by atoms with Gasteiger partial charge in [0, 0.05) is 26.3 Å². The van der Waals surface area contributed by atoms with Crippen molar-refractivity contribution in [2.75, 3.05) is 77.0 Å². The van der Waals surface area contributed by atoms with Gasteiger partial charge >= 0.3 is 15.2 Å². The van der Waals surface area contributed by atoms with E-state index in [9.17, 15) is 23.6 Å². The monoisotopic (exact) mass is 1270 g/mol. The van der Waals surface area contributed by atoms with Crippen molar-refractivity contribution in [2.24, 2.45) is 0 Å². The standard InChI is InChI=1S/C36H60N5O6P.C28H52N5O6P/c1-3-4-5-6-7-8-9-10-11-12-13-14-15-16-17-18-24-44-26-27-46-48(43,47-28-32-21-19-31(2)20-22-32)30-45-25-23-41-29-38-33-34(41)39-36(37)40-35(33)42;1-2-3-4-5-6-7-8-9-10-11-12-13-14-15-16-17-19-37-21-22-39-40(35,36)24-38-20-18-33-23-30-25-26(33)31-28(29)32-27(25)34/h19-22,29H,3-18,23-28,30H2,1-2H3,(H3,37,39,40,42);23H,2-22,24H2,1H3,(H,35,36)(H3,29,31,32,34). The van der Waals surface area contributed by atoms with Gasteiger partial charge in [0.05, 0.1) is 58.9 Å². The van der Waals surface area contributed by atoms with Gasteiger partial charge in [-0.25, -0.2) is 9.97 Å². The third-order valence-electron chi connectivity index (χ3n) is 15.3. The predicted octanol–water partition coefficient (Wildman–Crippen LogP) is 14.8. The molecule has 0 aliphatic carbocycles. The first-order valence-corrected chi connectivity index (χ1v) is 36.9. The molecule has 500 valence electrons. The molecular formula is C64H112N10O12P2. The highest BCUT2D eigenvalue weighted by Gasteiger charge is 2.26. The summed E-state index contributed by atoms with van der Waals surface area (Å²) < 4.78 is 67.9. The van der Waals surface area contributed by atoms with Gasteiger partial charge in [-0.3, -0.25) is 28.7 Å². The number of aromatic nitrogens is 8. The van der Waals surface area contributed by atoms with E-state index in [0.717, 1.165) is 36.8 Å². The third-order valence-corrected chi connectivity index (χ3v) is 18.0. The summed E-state index contributed by atoms with van der Waals surface area (Å²) in [5, 5.41) is 0. The van der Waals surface area contributed by atoms with Gasteiger partial charge in [-0.15, -0.1) is 0 Å². The summed E-state index contributed by atoms with van der Waals surface area (Å²) in [5.74, 6) is 0.0000606. The van der Waals surface area contributed by atoms with Gasteiger partial charge in [0.25, 0.3) is 11.1 Å². The molecular weight excluding hydrogens is 1160 g/mol. The van der Waals surface area contributed by atoms with Gasteiger partial charge in [-0.2, -0.15) is 9.97 Å². The number of nitrogens with zero attached hydrogens (tertiary/aromatic N) is 6. The summed E-state index contributed by atoms with van der Waals surface area (Å²) in [6, 6.07) is 7.84. The summed E-state index contributed by atoms with van der Waals surface area (Å²) in [4.78, 5) is 54.9. The van der Waals surface area contributed by atoms with E-state index in [-0.39, 0.29) is 75.5 Å². The zero-order chi connectivity index (χ0) is 63.2. The number of anilines is 2. The maximum Gasteiger partial charge on any atom is 0.356 e. The number of aromatic amines is 2. The second-order valence-electron chi connectivity index (χ2n) is 23.2. The number of aryl methyl sites for hydroxylation is 1. The summed E-state index contributed by atoms with van der Waals surface area (Å²) in [7, 11) is -7.45. The molecule has 0 spiro atoms. The van der Waals surface area contributed by atoms with Crippen LogP contribution in [0.5, 0.6) is 0 Å². The van der Waals surface area contributed by atoms with E-state index >= 15 is 0 Å². The van der Waals surface area contributed by atoms with Crippen molar-refractivity contribution in [3.63, 3.8) is 0 Å². The average Bonchev–Trinajstić information content (AvgIpc) is 3.73. The van der Waals surface area contributed by atoms with E-state index in [1.54, 1.807) is 9.13 Å². The summed E-state index contributed by atoms with van der Waals surface area (Å²) in [6.07, 6.45) is 44.9. The number of unbranched alkanes of at least 4 members (excludes halogenated alkanes) is 30. The van der Waals surface area contributed by atoms with E-state index in [1.807, 2.05) is 31.2 Å². The first kappa shape index (κ1) is 76.1. The fourth-order valence-electron chi connectivity index (χ4n) is 10.1. The Morgan fingerprint density at radius 3 is 1.22 bits per heavy atom. The third kappa shape index (κ3) is 34.7. The highest BCUT2D eigenvalue weighted by atomic mass is 31.2. The lowest BCUT2D eigenvalue weighted by Gasteiger charge is -2.19. The number of imidazole rings is 2. The first-order valence-electron chi connectivity index (χ1n) is 33.4. The van der Waals surface area contributed by atoms with Crippen LogP contribution >= 0.6 is 15.2 Å². The number of ether oxygens (including phenoxy) is 4. The fourth-order valence-corrected chi connectivity index (χ4v) is 12.2. The summed E-state index contributed by atoms with van der Waals surface area (Å²) in [6.45, 7) is 9.67. The quantitative estimate of drug-likeness (QED) is 0.0178. The number of nitrogen functional groups attached to an aromatic ring is 2. The maximum absolute atomic E-state index is 13.6. The Morgan fingerprint density at radius 2 is 0.818 bits per heavy atom. The van der Waals surface area contributed by atoms with E-state index in [2.05, 4.69) is 43.8 Å². The van der Waals surface area contributed by atoms with Gasteiger partial charge in [0.15, 0.2) is 22.3 Å². The number of benzene rings is 1. The average molecular weight is 1280 g/mol. The molecule has 2 atom stereocenters. The molecule has 0 aliphatic heterocycles. The lowest BCUT2D eigenvalue weighted by molar-refractivity contribution is 0.0756. The Hall–Kier alpha value is -4.34. The minimum Gasteiger partial charge on any atom is -0.379 e. The van der Waals surface area contributed by atoms with Gasteiger partial charge in [-0.05, 0) is 25.3 Å². The molecule has 1 aromatic carbocycles. The van der Waals surface area contributed by atoms with E-state index in [1.165, 1.54) is 192 Å². The molecule has 0 saturated carbocycles. The molecule has 5 aromatic rings. The summed E-state index contributed by atoms with van der Waals surface area (Å²) >= 11 is 0. The van der Waals surface area contributed by atoms with Crippen molar-refractivity contribution in [2.45, 2.75) is 246 Å². The van der Waals surface area contributed by atoms with Crippen LogP contribution in [-0.4, -0.2) is 109 Å².